The molecule has 2 atom stereocenters. The van der Waals surface area contributed by atoms with E-state index in [4.69, 9.17) is 9.84 Å². The number of rotatable bonds is 4. The third-order valence-corrected chi connectivity index (χ3v) is 6.72. The molecule has 2 aliphatic rings. The number of nitrogens with one attached hydrogen (secondary N) is 1. The molecule has 2 unspecified atom stereocenters. The quantitative estimate of drug-likeness (QED) is 0.580. The van der Waals surface area contributed by atoms with Crippen molar-refractivity contribution in [2.75, 3.05) is 13.1 Å². The number of carboxylic acids is 1. The lowest BCUT2D eigenvalue weighted by Gasteiger charge is -2.46. The Hall–Kier alpha value is -3.38. The van der Waals surface area contributed by atoms with E-state index < -0.39 is 11.6 Å². The Balaban J connectivity index is 1.39. The van der Waals surface area contributed by atoms with Gasteiger partial charge < -0.3 is 14.8 Å². The molecule has 3 heterocycles. The number of aromatic amines is 1. The molecule has 0 aliphatic carbocycles. The zero-order valence-corrected chi connectivity index (χ0v) is 18.0. The molecular formula is C26H26N2O4. The first-order valence-electron chi connectivity index (χ1n) is 11.0. The largest absolute Gasteiger partial charge is 0.485 e. The number of nitrogens with zero attached hydrogens (tertiary/aromatic N) is 1. The number of benzene rings is 2. The number of aromatic nitrogens is 1. The summed E-state index contributed by atoms with van der Waals surface area (Å²) in [5.74, 6) is -0.371. The Morgan fingerprint density at radius 3 is 2.97 bits per heavy atom. The van der Waals surface area contributed by atoms with Crippen LogP contribution in [0.3, 0.4) is 0 Å². The number of para-hydroxylation sites is 1. The van der Waals surface area contributed by atoms with Gasteiger partial charge in [-0.3, -0.25) is 9.69 Å². The van der Waals surface area contributed by atoms with E-state index in [0.717, 1.165) is 31.0 Å². The highest BCUT2D eigenvalue weighted by Crippen LogP contribution is 2.41. The van der Waals surface area contributed by atoms with Crippen LogP contribution >= 0.6 is 0 Å². The first-order chi connectivity index (χ1) is 15.4. The average molecular weight is 431 g/mol. The Bertz CT molecular complexity index is 1230. The number of Topliss-reactive ketones (excluding diaryl/α,β-unsaturated/α-hetero) is 1. The van der Waals surface area contributed by atoms with Crippen LogP contribution in [-0.2, 0) is 4.79 Å². The third-order valence-electron chi connectivity index (χ3n) is 6.72. The van der Waals surface area contributed by atoms with Crippen LogP contribution in [0.25, 0.3) is 17.0 Å². The molecule has 2 aromatic carbocycles. The molecule has 1 spiro atoms. The molecule has 2 N–H and O–H groups in total. The molecule has 3 aromatic rings. The molecule has 1 saturated heterocycles. The number of ether oxygens (including phenoxy) is 1. The second-order valence-corrected chi connectivity index (χ2v) is 8.85. The van der Waals surface area contributed by atoms with Crippen LogP contribution in [0, 0.1) is 0 Å². The molecule has 164 valence electrons. The van der Waals surface area contributed by atoms with E-state index in [-0.39, 0.29) is 11.8 Å². The van der Waals surface area contributed by atoms with Gasteiger partial charge in [0, 0.05) is 35.8 Å². The van der Waals surface area contributed by atoms with Crippen LogP contribution in [0.5, 0.6) is 5.75 Å². The van der Waals surface area contributed by atoms with Gasteiger partial charge in [0.05, 0.1) is 12.0 Å². The summed E-state index contributed by atoms with van der Waals surface area (Å²) in [4.78, 5) is 29.7. The monoisotopic (exact) mass is 430 g/mol. The van der Waals surface area contributed by atoms with Crippen molar-refractivity contribution in [2.45, 2.75) is 37.8 Å². The van der Waals surface area contributed by atoms with Crippen LogP contribution in [0.2, 0.25) is 0 Å². The zero-order valence-electron chi connectivity index (χ0n) is 18.0. The van der Waals surface area contributed by atoms with Gasteiger partial charge in [0.15, 0.2) is 5.78 Å². The van der Waals surface area contributed by atoms with Crippen LogP contribution in [0.1, 0.15) is 53.7 Å². The van der Waals surface area contributed by atoms with Gasteiger partial charge in [0.25, 0.3) is 0 Å². The summed E-state index contributed by atoms with van der Waals surface area (Å²) in [6.45, 7) is 3.87. The first-order valence-corrected chi connectivity index (χ1v) is 11.0. The van der Waals surface area contributed by atoms with Crippen LogP contribution in [0.4, 0.5) is 0 Å². The molecule has 1 fully saturated rings. The molecule has 6 heteroatoms. The van der Waals surface area contributed by atoms with Gasteiger partial charge in [-0.15, -0.1) is 0 Å². The van der Waals surface area contributed by atoms with Gasteiger partial charge in [-0.2, -0.15) is 0 Å². The number of aliphatic carboxylic acids is 1. The van der Waals surface area contributed by atoms with Crippen molar-refractivity contribution in [3.05, 3.63) is 71.4 Å². The van der Waals surface area contributed by atoms with Gasteiger partial charge in [0.1, 0.15) is 11.4 Å². The summed E-state index contributed by atoms with van der Waals surface area (Å²) in [6.07, 6.45) is 6.80. The first kappa shape index (κ1) is 20.5. The second kappa shape index (κ2) is 7.95. The number of H-pyrrole nitrogens is 1. The number of carboxylic acid groups (broad SMARTS) is 1. The van der Waals surface area contributed by atoms with E-state index >= 15 is 0 Å². The Morgan fingerprint density at radius 1 is 1.28 bits per heavy atom. The van der Waals surface area contributed by atoms with E-state index in [1.807, 2.05) is 6.07 Å². The third kappa shape index (κ3) is 3.71. The fourth-order valence-corrected chi connectivity index (χ4v) is 5.11. The lowest BCUT2D eigenvalue weighted by Crippen LogP contribution is -2.55. The van der Waals surface area contributed by atoms with E-state index in [1.54, 1.807) is 18.2 Å². The Kier molecular flexibility index (Phi) is 5.10. The molecule has 5 rings (SSSR count). The number of carbonyl (C=O) groups is 2. The lowest BCUT2D eigenvalue weighted by molar-refractivity contribution is -0.131. The number of fused-ring (bicyclic) bond motifs is 2. The number of hydrogen-bond acceptors (Lipinski definition) is 4. The lowest BCUT2D eigenvalue weighted by atomic mass is 9.82. The number of likely N-dealkylation sites (tertiary alicyclic amines) is 1. The van der Waals surface area contributed by atoms with Crippen molar-refractivity contribution in [3.63, 3.8) is 0 Å². The van der Waals surface area contributed by atoms with Crippen LogP contribution in [0.15, 0.2) is 54.7 Å². The highest BCUT2D eigenvalue weighted by Gasteiger charge is 2.44. The maximum atomic E-state index is 13.1. The van der Waals surface area contributed by atoms with Gasteiger partial charge >= 0.3 is 5.97 Å². The van der Waals surface area contributed by atoms with Crippen LogP contribution in [-0.4, -0.2) is 45.4 Å². The minimum absolute atomic E-state index is 0.0541. The highest BCUT2D eigenvalue weighted by molar-refractivity contribution is 6.01. The van der Waals surface area contributed by atoms with Gasteiger partial charge in [-0.1, -0.05) is 24.3 Å². The summed E-state index contributed by atoms with van der Waals surface area (Å²) in [7, 11) is 0. The molecule has 6 nitrogen and oxygen atoms in total. The maximum absolute atomic E-state index is 13.1. The predicted molar refractivity (Wildman–Crippen MR) is 123 cm³/mol. The van der Waals surface area contributed by atoms with Crippen molar-refractivity contribution in [1.29, 1.82) is 0 Å². The molecule has 0 amide bonds. The maximum Gasteiger partial charge on any atom is 0.328 e. The van der Waals surface area contributed by atoms with E-state index in [2.05, 4.69) is 41.2 Å². The van der Waals surface area contributed by atoms with Gasteiger partial charge in [-0.05, 0) is 61.7 Å². The number of ketones is 1. The van der Waals surface area contributed by atoms with Crippen molar-refractivity contribution in [1.82, 2.24) is 9.88 Å². The Morgan fingerprint density at radius 2 is 2.12 bits per heavy atom. The summed E-state index contributed by atoms with van der Waals surface area (Å²) >= 11 is 0. The fraction of sp³-hybridized carbons (Fsp3) is 0.308. The van der Waals surface area contributed by atoms with Crippen molar-refractivity contribution >= 4 is 28.7 Å². The smallest absolute Gasteiger partial charge is 0.328 e. The Labute approximate surface area is 186 Å². The second-order valence-electron chi connectivity index (χ2n) is 8.85. The molecular weight excluding hydrogens is 404 g/mol. The molecule has 0 bridgehead atoms. The number of carbonyl (C=O) groups excluding carboxylic acids is 1. The SMILES string of the molecule is CC(c1c[nH]c2ccccc12)N1CCCC2(CC(=O)c3cc(/C=C/C(=O)O)ccc3O2)C1. The standard InChI is InChI=1S/C26H26N2O4/c1-17(21-15-27-22-6-3-2-5-19(21)22)28-12-4-11-26(16-28)14-23(29)20-13-18(8-10-25(30)31)7-9-24(20)32-26/h2-3,5-10,13,15,17,27H,4,11-12,14,16H2,1H3,(H,30,31)/b10-8+. The van der Waals surface area contributed by atoms with Crippen molar-refractivity contribution in [2.24, 2.45) is 0 Å². The van der Waals surface area contributed by atoms with Gasteiger partial charge in [-0.25, -0.2) is 4.79 Å². The molecule has 32 heavy (non-hydrogen) atoms. The normalized spacial score (nSPS) is 22.2. The van der Waals surface area contributed by atoms with E-state index in [0.29, 0.717) is 29.8 Å². The van der Waals surface area contributed by atoms with Crippen LogP contribution < -0.4 is 4.74 Å². The molecule has 0 saturated carbocycles. The molecule has 0 radical (unpaired) electrons. The van der Waals surface area contributed by atoms with Gasteiger partial charge in [0.2, 0.25) is 0 Å². The molecule has 1 aromatic heterocycles. The van der Waals surface area contributed by atoms with Crippen molar-refractivity contribution in [3.8, 4) is 5.75 Å². The number of piperidine rings is 1. The fourth-order valence-electron chi connectivity index (χ4n) is 5.11. The summed E-state index contributed by atoms with van der Waals surface area (Å²) in [5.41, 5.74) is 3.07. The summed E-state index contributed by atoms with van der Waals surface area (Å²) in [6, 6.07) is 13.8. The topological polar surface area (TPSA) is 82.6 Å². The van der Waals surface area contributed by atoms with Crippen molar-refractivity contribution < 1.29 is 19.4 Å². The highest BCUT2D eigenvalue weighted by atomic mass is 16.5. The molecule has 2 aliphatic heterocycles. The zero-order chi connectivity index (χ0) is 22.3. The minimum Gasteiger partial charge on any atom is -0.485 e. The number of hydrogen-bond donors (Lipinski definition) is 2. The summed E-state index contributed by atoms with van der Waals surface area (Å²) < 4.78 is 6.49. The minimum atomic E-state index is -1.02. The van der Waals surface area contributed by atoms with E-state index in [9.17, 15) is 9.59 Å². The summed E-state index contributed by atoms with van der Waals surface area (Å²) in [5, 5.41) is 10.1. The predicted octanol–water partition coefficient (Wildman–Crippen LogP) is 4.83. The van der Waals surface area contributed by atoms with E-state index in [1.165, 1.54) is 17.0 Å². The average Bonchev–Trinajstić information content (AvgIpc) is 3.21.